The van der Waals surface area contributed by atoms with Crippen molar-refractivity contribution < 1.29 is 9.47 Å². The maximum Gasteiger partial charge on any atom is 0.165 e. The molecule has 1 atom stereocenters. The van der Waals surface area contributed by atoms with Crippen molar-refractivity contribution in [2.45, 2.75) is 38.3 Å². The molecule has 4 rings (SSSR count). The highest BCUT2D eigenvalue weighted by Crippen LogP contribution is 2.31. The van der Waals surface area contributed by atoms with Crippen LogP contribution in [0.25, 0.3) is 0 Å². The molecule has 0 radical (unpaired) electrons. The number of aromatic nitrogens is 2. The van der Waals surface area contributed by atoms with Gasteiger partial charge in [0.15, 0.2) is 11.5 Å². The van der Waals surface area contributed by atoms with E-state index in [-0.39, 0.29) is 0 Å². The highest BCUT2D eigenvalue weighted by molar-refractivity contribution is 5.46. The first kappa shape index (κ1) is 23.3. The summed E-state index contributed by atoms with van der Waals surface area (Å²) in [6, 6.07) is 17.1. The molecule has 0 bridgehead atoms. The number of imidazole rings is 1. The average Bonchev–Trinajstić information content (AvgIpc) is 3.39. The van der Waals surface area contributed by atoms with Gasteiger partial charge in [-0.2, -0.15) is 0 Å². The molecule has 1 saturated heterocycles. The molecule has 1 aliphatic heterocycles. The van der Waals surface area contributed by atoms with Gasteiger partial charge in [0.1, 0.15) is 0 Å². The Morgan fingerprint density at radius 3 is 2.82 bits per heavy atom. The van der Waals surface area contributed by atoms with Gasteiger partial charge < -0.3 is 24.3 Å². The molecule has 1 N–H and O–H groups in total. The van der Waals surface area contributed by atoms with E-state index in [0.29, 0.717) is 12.5 Å². The standard InChI is InChI=1S/C27H36N4O2/c1-32-26-12-5-10-24(27(26)33-19-7-16-31-18-14-29-22-31)20-28-13-17-30-15-6-11-25(21-30)23-8-3-2-4-9-23/h2-5,8-10,12,14,18,22,25,28H,6-7,11,13,15-17,19-21H2,1H3. The summed E-state index contributed by atoms with van der Waals surface area (Å²) in [6.45, 7) is 6.66. The van der Waals surface area contributed by atoms with Crippen LogP contribution in [0.3, 0.4) is 0 Å². The number of likely N-dealkylation sites (tertiary alicyclic amines) is 1. The first-order valence-electron chi connectivity index (χ1n) is 12.1. The Hall–Kier alpha value is -2.83. The third-order valence-electron chi connectivity index (χ3n) is 6.34. The van der Waals surface area contributed by atoms with Crippen LogP contribution < -0.4 is 14.8 Å². The Morgan fingerprint density at radius 1 is 1.09 bits per heavy atom. The number of piperidine rings is 1. The molecule has 1 fully saturated rings. The Labute approximate surface area is 197 Å². The topological polar surface area (TPSA) is 51.6 Å². The van der Waals surface area contributed by atoms with Gasteiger partial charge in [0.2, 0.25) is 0 Å². The second-order valence-electron chi connectivity index (χ2n) is 8.68. The second kappa shape index (κ2) is 12.4. The molecule has 3 aromatic rings. The van der Waals surface area contributed by atoms with Crippen molar-refractivity contribution in [1.29, 1.82) is 0 Å². The molecule has 0 spiro atoms. The van der Waals surface area contributed by atoms with Crippen LogP contribution in [0.5, 0.6) is 11.5 Å². The van der Waals surface area contributed by atoms with Crippen LogP contribution in [0.2, 0.25) is 0 Å². The second-order valence-corrected chi connectivity index (χ2v) is 8.68. The quantitative estimate of drug-likeness (QED) is 0.418. The van der Waals surface area contributed by atoms with Gasteiger partial charge in [0.05, 0.1) is 20.0 Å². The molecule has 6 nitrogen and oxygen atoms in total. The zero-order valence-electron chi connectivity index (χ0n) is 19.7. The van der Waals surface area contributed by atoms with E-state index in [1.165, 1.54) is 24.9 Å². The van der Waals surface area contributed by atoms with Crippen molar-refractivity contribution >= 4 is 0 Å². The van der Waals surface area contributed by atoms with E-state index in [1.807, 2.05) is 24.7 Å². The van der Waals surface area contributed by atoms with E-state index in [9.17, 15) is 0 Å². The lowest BCUT2D eigenvalue weighted by molar-refractivity contribution is 0.208. The number of rotatable bonds is 12. The number of para-hydroxylation sites is 1. The van der Waals surface area contributed by atoms with Crippen molar-refractivity contribution in [3.8, 4) is 11.5 Å². The number of nitrogens with zero attached hydrogens (tertiary/aromatic N) is 3. The summed E-state index contributed by atoms with van der Waals surface area (Å²) < 4.78 is 13.8. The SMILES string of the molecule is COc1cccc(CNCCN2CCCC(c3ccccc3)C2)c1OCCCn1ccnc1. The van der Waals surface area contributed by atoms with Gasteiger partial charge in [0.25, 0.3) is 0 Å². The molecule has 1 unspecified atom stereocenters. The molecule has 2 heterocycles. The fourth-order valence-electron chi connectivity index (χ4n) is 4.58. The number of hydrogen-bond donors (Lipinski definition) is 1. The van der Waals surface area contributed by atoms with Gasteiger partial charge in [-0.05, 0) is 43.4 Å². The summed E-state index contributed by atoms with van der Waals surface area (Å²) in [4.78, 5) is 6.68. The Kier molecular flexibility index (Phi) is 8.78. The number of aryl methyl sites for hydroxylation is 1. The lowest BCUT2D eigenvalue weighted by Crippen LogP contribution is -2.38. The summed E-state index contributed by atoms with van der Waals surface area (Å²) in [5, 5.41) is 3.62. The zero-order chi connectivity index (χ0) is 22.7. The first-order valence-corrected chi connectivity index (χ1v) is 12.1. The van der Waals surface area contributed by atoms with Crippen LogP contribution in [0.4, 0.5) is 0 Å². The number of hydrogen-bond acceptors (Lipinski definition) is 5. The number of benzene rings is 2. The Morgan fingerprint density at radius 2 is 2.00 bits per heavy atom. The zero-order valence-corrected chi connectivity index (χ0v) is 19.7. The van der Waals surface area contributed by atoms with E-state index in [0.717, 1.165) is 56.2 Å². The summed E-state index contributed by atoms with van der Waals surface area (Å²) in [6.07, 6.45) is 9.09. The minimum atomic E-state index is 0.639. The van der Waals surface area contributed by atoms with Crippen molar-refractivity contribution in [2.75, 3.05) is 39.9 Å². The van der Waals surface area contributed by atoms with Gasteiger partial charge in [-0.25, -0.2) is 4.98 Å². The lowest BCUT2D eigenvalue weighted by atomic mass is 9.91. The van der Waals surface area contributed by atoms with Crippen molar-refractivity contribution in [1.82, 2.24) is 19.8 Å². The highest BCUT2D eigenvalue weighted by atomic mass is 16.5. The van der Waals surface area contributed by atoms with Crippen LogP contribution >= 0.6 is 0 Å². The van der Waals surface area contributed by atoms with E-state index < -0.39 is 0 Å². The normalized spacial score (nSPS) is 16.6. The molecule has 0 amide bonds. The molecule has 2 aromatic carbocycles. The van der Waals surface area contributed by atoms with E-state index in [2.05, 4.69) is 56.2 Å². The molecule has 0 aliphatic carbocycles. The van der Waals surface area contributed by atoms with Gasteiger partial charge in [-0.1, -0.05) is 42.5 Å². The maximum absolute atomic E-state index is 6.16. The average molecular weight is 449 g/mol. The fraction of sp³-hybridized carbons (Fsp3) is 0.444. The smallest absolute Gasteiger partial charge is 0.165 e. The summed E-state index contributed by atoms with van der Waals surface area (Å²) >= 11 is 0. The Bertz CT molecular complexity index is 946. The molecular weight excluding hydrogens is 412 g/mol. The van der Waals surface area contributed by atoms with Crippen molar-refractivity contribution in [3.05, 3.63) is 78.4 Å². The lowest BCUT2D eigenvalue weighted by Gasteiger charge is -2.33. The molecule has 33 heavy (non-hydrogen) atoms. The maximum atomic E-state index is 6.16. The van der Waals surface area contributed by atoms with Gasteiger partial charge in [0, 0.05) is 50.7 Å². The van der Waals surface area contributed by atoms with E-state index in [1.54, 1.807) is 13.3 Å². The minimum Gasteiger partial charge on any atom is -0.493 e. The molecular formula is C27H36N4O2. The van der Waals surface area contributed by atoms with Crippen molar-refractivity contribution in [3.63, 3.8) is 0 Å². The monoisotopic (exact) mass is 448 g/mol. The third kappa shape index (κ3) is 6.83. The molecule has 1 aliphatic rings. The summed E-state index contributed by atoms with van der Waals surface area (Å²) in [7, 11) is 1.70. The van der Waals surface area contributed by atoms with Gasteiger partial charge >= 0.3 is 0 Å². The summed E-state index contributed by atoms with van der Waals surface area (Å²) in [5.41, 5.74) is 2.61. The van der Waals surface area contributed by atoms with Crippen LogP contribution in [0, 0.1) is 0 Å². The molecule has 1 aromatic heterocycles. The number of nitrogens with one attached hydrogen (secondary N) is 1. The Balaban J connectivity index is 1.24. The summed E-state index contributed by atoms with van der Waals surface area (Å²) in [5.74, 6) is 2.29. The number of ether oxygens (including phenoxy) is 2. The first-order chi connectivity index (χ1) is 16.3. The van der Waals surface area contributed by atoms with Gasteiger partial charge in [-0.15, -0.1) is 0 Å². The van der Waals surface area contributed by atoms with Crippen LogP contribution in [-0.4, -0.2) is 54.3 Å². The largest absolute Gasteiger partial charge is 0.493 e. The van der Waals surface area contributed by atoms with Crippen LogP contribution in [0.15, 0.2) is 67.3 Å². The van der Waals surface area contributed by atoms with E-state index in [4.69, 9.17) is 9.47 Å². The van der Waals surface area contributed by atoms with Crippen LogP contribution in [0.1, 0.15) is 36.3 Å². The highest BCUT2D eigenvalue weighted by Gasteiger charge is 2.20. The fourth-order valence-corrected chi connectivity index (χ4v) is 4.58. The minimum absolute atomic E-state index is 0.639. The third-order valence-corrected chi connectivity index (χ3v) is 6.34. The predicted molar refractivity (Wildman–Crippen MR) is 132 cm³/mol. The molecule has 0 saturated carbocycles. The molecule has 176 valence electrons. The van der Waals surface area contributed by atoms with Crippen LogP contribution in [-0.2, 0) is 13.1 Å². The van der Waals surface area contributed by atoms with Crippen molar-refractivity contribution in [2.24, 2.45) is 0 Å². The number of methoxy groups -OCH3 is 1. The molecule has 6 heteroatoms. The predicted octanol–water partition coefficient (Wildman–Crippen LogP) is 4.33. The van der Waals surface area contributed by atoms with E-state index >= 15 is 0 Å². The van der Waals surface area contributed by atoms with Gasteiger partial charge in [-0.3, -0.25) is 0 Å².